The lowest BCUT2D eigenvalue weighted by molar-refractivity contribution is -0.686. The molecule has 0 aliphatic carbocycles. The van der Waals surface area contributed by atoms with Gasteiger partial charge in [0.25, 0.3) is 5.82 Å². The summed E-state index contributed by atoms with van der Waals surface area (Å²) < 4.78 is 4.83. The summed E-state index contributed by atoms with van der Waals surface area (Å²) in [7, 11) is 0. The first-order valence-electron chi connectivity index (χ1n) is 12.2. The summed E-state index contributed by atoms with van der Waals surface area (Å²) in [6.45, 7) is 5.56. The standard InChI is InChI=1S/C32H29N2/c1-23(2)27-21-29(24-11-5-3-6-12-24)31(30(22-27)25-13-7-4-8-14-25)34-20-19-33-18-17-26-15-9-10-16-28(26)32(33)34/h3-16,19-23H,17-18H2,1-2H3/q+1. The van der Waals surface area contributed by atoms with Crippen molar-refractivity contribution in [1.29, 1.82) is 0 Å². The second kappa shape index (κ2) is 8.46. The van der Waals surface area contributed by atoms with E-state index >= 15 is 0 Å². The number of hydrogen-bond donors (Lipinski definition) is 0. The van der Waals surface area contributed by atoms with Crippen molar-refractivity contribution in [3.63, 3.8) is 0 Å². The van der Waals surface area contributed by atoms with Crippen LogP contribution < -0.4 is 4.57 Å². The molecule has 1 aromatic heterocycles. The van der Waals surface area contributed by atoms with E-state index in [1.54, 1.807) is 0 Å². The van der Waals surface area contributed by atoms with Gasteiger partial charge in [-0.25, -0.2) is 4.57 Å². The zero-order valence-electron chi connectivity index (χ0n) is 19.8. The van der Waals surface area contributed by atoms with Crippen LogP contribution in [0.5, 0.6) is 0 Å². The number of nitrogens with zero attached hydrogens (tertiary/aromatic N) is 2. The molecule has 5 aromatic rings. The monoisotopic (exact) mass is 441 g/mol. The molecule has 4 aromatic carbocycles. The normalized spacial score (nSPS) is 12.4. The molecule has 0 amide bonds. The second-order valence-electron chi connectivity index (χ2n) is 9.44. The molecular weight excluding hydrogens is 412 g/mol. The molecule has 166 valence electrons. The van der Waals surface area contributed by atoms with Crippen LogP contribution in [0.3, 0.4) is 0 Å². The Morgan fingerprint density at radius 1 is 0.706 bits per heavy atom. The maximum atomic E-state index is 2.42. The number of hydrogen-bond acceptors (Lipinski definition) is 0. The third-order valence-electron chi connectivity index (χ3n) is 6.99. The molecule has 2 nitrogen and oxygen atoms in total. The predicted octanol–water partition coefficient (Wildman–Crippen LogP) is 7.45. The van der Waals surface area contributed by atoms with Crippen molar-refractivity contribution in [3.8, 4) is 39.3 Å². The molecule has 1 aliphatic rings. The Bertz CT molecular complexity index is 1400. The van der Waals surface area contributed by atoms with E-state index in [1.807, 2.05) is 0 Å². The largest absolute Gasteiger partial charge is 0.294 e. The summed E-state index contributed by atoms with van der Waals surface area (Å²) in [5.74, 6) is 1.70. The van der Waals surface area contributed by atoms with Gasteiger partial charge in [-0.05, 0) is 46.4 Å². The van der Waals surface area contributed by atoms with Gasteiger partial charge in [-0.15, -0.1) is 0 Å². The smallest absolute Gasteiger partial charge is 0.229 e. The van der Waals surface area contributed by atoms with Crippen LogP contribution in [0.4, 0.5) is 0 Å². The van der Waals surface area contributed by atoms with Gasteiger partial charge < -0.3 is 0 Å². The van der Waals surface area contributed by atoms with Crippen LogP contribution in [0.1, 0.15) is 30.9 Å². The van der Waals surface area contributed by atoms with Crippen molar-refractivity contribution in [1.82, 2.24) is 4.57 Å². The fourth-order valence-corrected chi connectivity index (χ4v) is 5.19. The van der Waals surface area contributed by atoms with Crippen molar-refractivity contribution < 1.29 is 4.57 Å². The molecule has 0 fully saturated rings. The van der Waals surface area contributed by atoms with E-state index in [0.29, 0.717) is 5.92 Å². The molecule has 6 rings (SSSR count). The van der Waals surface area contributed by atoms with Gasteiger partial charge in [-0.1, -0.05) is 92.7 Å². The first kappa shape index (κ1) is 20.7. The van der Waals surface area contributed by atoms with E-state index < -0.39 is 0 Å². The summed E-state index contributed by atoms with van der Waals surface area (Å²) in [5.41, 5.74) is 10.4. The predicted molar refractivity (Wildman–Crippen MR) is 140 cm³/mol. The third-order valence-corrected chi connectivity index (χ3v) is 6.99. The average molecular weight is 442 g/mol. The van der Waals surface area contributed by atoms with Crippen molar-refractivity contribution in [2.45, 2.75) is 32.7 Å². The lowest BCUT2D eigenvalue weighted by atomic mass is 9.89. The Hall–Kier alpha value is -3.91. The zero-order chi connectivity index (χ0) is 23.1. The van der Waals surface area contributed by atoms with Crippen LogP contribution in [0.25, 0.3) is 39.3 Å². The van der Waals surface area contributed by atoms with Gasteiger partial charge in [-0.2, -0.15) is 4.57 Å². The van der Waals surface area contributed by atoms with Gasteiger partial charge >= 0.3 is 0 Å². The highest BCUT2D eigenvalue weighted by Gasteiger charge is 2.30. The number of benzene rings is 4. The minimum Gasteiger partial charge on any atom is -0.229 e. The highest BCUT2D eigenvalue weighted by Crippen LogP contribution is 2.40. The van der Waals surface area contributed by atoms with Crippen LogP contribution in [-0.4, -0.2) is 4.57 Å². The Kier molecular flexibility index (Phi) is 5.15. The lowest BCUT2D eigenvalue weighted by Gasteiger charge is -2.20. The van der Waals surface area contributed by atoms with Gasteiger partial charge in [0.15, 0.2) is 0 Å². The molecule has 0 N–H and O–H groups in total. The van der Waals surface area contributed by atoms with Crippen molar-refractivity contribution in [2.75, 3.05) is 0 Å². The van der Waals surface area contributed by atoms with E-state index in [2.05, 4.69) is 132 Å². The Morgan fingerprint density at radius 3 is 1.91 bits per heavy atom. The van der Waals surface area contributed by atoms with Crippen LogP contribution >= 0.6 is 0 Å². The van der Waals surface area contributed by atoms with Crippen molar-refractivity contribution in [3.05, 3.63) is 121 Å². The molecule has 2 heteroatoms. The van der Waals surface area contributed by atoms with Gasteiger partial charge in [0.1, 0.15) is 18.1 Å². The topological polar surface area (TPSA) is 8.81 Å². The molecule has 0 radical (unpaired) electrons. The SMILES string of the molecule is CC(C)c1cc(-c2ccccc2)c(-n2cc[n+]3c2-c2ccccc2CC3)c(-c2ccccc2)c1. The number of imidazole rings is 1. The fraction of sp³-hybridized carbons (Fsp3) is 0.156. The molecule has 0 saturated carbocycles. The number of aromatic nitrogens is 2. The van der Waals surface area contributed by atoms with Crippen LogP contribution in [0, 0.1) is 0 Å². The third kappa shape index (κ3) is 3.47. The van der Waals surface area contributed by atoms with Gasteiger partial charge in [0.05, 0.1) is 12.1 Å². The Balaban J connectivity index is 1.72. The summed E-state index contributed by atoms with van der Waals surface area (Å²) in [6, 6.07) is 35.3. The van der Waals surface area contributed by atoms with Crippen LogP contribution in [0.15, 0.2) is 109 Å². The highest BCUT2D eigenvalue weighted by molar-refractivity contribution is 5.87. The molecule has 0 bridgehead atoms. The molecule has 0 saturated heterocycles. The van der Waals surface area contributed by atoms with Crippen molar-refractivity contribution >= 4 is 0 Å². The van der Waals surface area contributed by atoms with E-state index in [9.17, 15) is 0 Å². The van der Waals surface area contributed by atoms with E-state index in [0.717, 1.165) is 13.0 Å². The number of fused-ring (bicyclic) bond motifs is 3. The molecule has 34 heavy (non-hydrogen) atoms. The molecule has 0 atom stereocenters. The number of rotatable bonds is 4. The molecule has 0 spiro atoms. The molecule has 0 unspecified atom stereocenters. The maximum Gasteiger partial charge on any atom is 0.294 e. The van der Waals surface area contributed by atoms with Gasteiger partial charge in [-0.3, -0.25) is 0 Å². The second-order valence-corrected chi connectivity index (χ2v) is 9.44. The summed E-state index contributed by atoms with van der Waals surface area (Å²) in [4.78, 5) is 0. The van der Waals surface area contributed by atoms with Crippen LogP contribution in [0.2, 0.25) is 0 Å². The highest BCUT2D eigenvalue weighted by atomic mass is 15.2. The summed E-state index contributed by atoms with van der Waals surface area (Å²) in [6.07, 6.45) is 5.56. The first-order valence-corrected chi connectivity index (χ1v) is 12.2. The molecular formula is C32H29N2+. The Morgan fingerprint density at radius 2 is 1.29 bits per heavy atom. The summed E-state index contributed by atoms with van der Waals surface area (Å²) >= 11 is 0. The minimum absolute atomic E-state index is 0.438. The van der Waals surface area contributed by atoms with Crippen molar-refractivity contribution in [2.24, 2.45) is 0 Å². The summed E-state index contributed by atoms with van der Waals surface area (Å²) in [5, 5.41) is 0. The first-order chi connectivity index (χ1) is 16.7. The average Bonchev–Trinajstić information content (AvgIpc) is 3.33. The maximum absolute atomic E-state index is 2.42. The lowest BCUT2D eigenvalue weighted by Crippen LogP contribution is -2.39. The van der Waals surface area contributed by atoms with E-state index in [1.165, 1.54) is 50.5 Å². The minimum atomic E-state index is 0.438. The van der Waals surface area contributed by atoms with E-state index in [4.69, 9.17) is 0 Å². The Labute approximate surface area is 201 Å². The van der Waals surface area contributed by atoms with Crippen LogP contribution in [-0.2, 0) is 13.0 Å². The zero-order valence-corrected chi connectivity index (χ0v) is 19.8. The number of aryl methyl sites for hydroxylation is 2. The quantitative estimate of drug-likeness (QED) is 0.256. The van der Waals surface area contributed by atoms with E-state index in [-0.39, 0.29) is 0 Å². The van der Waals surface area contributed by atoms with Gasteiger partial charge in [0.2, 0.25) is 0 Å². The molecule has 2 heterocycles. The molecule has 1 aliphatic heterocycles. The van der Waals surface area contributed by atoms with Gasteiger partial charge in [0, 0.05) is 17.5 Å². The fourth-order valence-electron chi connectivity index (χ4n) is 5.19.